The van der Waals surface area contributed by atoms with Crippen LogP contribution in [0.25, 0.3) is 0 Å². The Kier molecular flexibility index (Phi) is 8.00. The molecule has 0 radical (unpaired) electrons. The highest BCUT2D eigenvalue weighted by Crippen LogP contribution is 2.35. The SMILES string of the molecule is COc1cc2c(cc1Br)C(COCCOS(=O)(=O)c1ccc([N+](=O)[O-])cc1)OCCC2. The Morgan fingerprint density at radius 2 is 1.97 bits per heavy atom. The lowest BCUT2D eigenvalue weighted by Gasteiger charge is -2.19. The van der Waals surface area contributed by atoms with E-state index in [2.05, 4.69) is 15.9 Å². The van der Waals surface area contributed by atoms with Gasteiger partial charge in [-0.3, -0.25) is 14.3 Å². The normalized spacial score (nSPS) is 16.4. The second-order valence-electron chi connectivity index (χ2n) is 6.75. The number of benzene rings is 2. The van der Waals surface area contributed by atoms with Crippen molar-refractivity contribution in [2.45, 2.75) is 23.8 Å². The third-order valence-corrected chi connectivity index (χ3v) is 6.69. The van der Waals surface area contributed by atoms with Crippen molar-refractivity contribution in [1.82, 2.24) is 0 Å². The van der Waals surface area contributed by atoms with Crippen LogP contribution in [0.4, 0.5) is 5.69 Å². The van der Waals surface area contributed by atoms with Gasteiger partial charge >= 0.3 is 0 Å². The van der Waals surface area contributed by atoms with E-state index in [-0.39, 0.29) is 36.5 Å². The number of aryl methyl sites for hydroxylation is 1. The fourth-order valence-electron chi connectivity index (χ4n) is 3.20. The molecule has 3 rings (SSSR count). The molecule has 0 aromatic heterocycles. The number of nitro benzene ring substituents is 1. The second kappa shape index (κ2) is 10.5. The number of hydrogen-bond donors (Lipinski definition) is 0. The smallest absolute Gasteiger partial charge is 0.297 e. The van der Waals surface area contributed by atoms with Crippen molar-refractivity contribution in [2.75, 3.05) is 33.5 Å². The first-order valence-corrected chi connectivity index (χ1v) is 11.7. The Morgan fingerprint density at radius 1 is 1.23 bits per heavy atom. The molecule has 1 aliphatic heterocycles. The minimum Gasteiger partial charge on any atom is -0.496 e. The predicted molar refractivity (Wildman–Crippen MR) is 115 cm³/mol. The van der Waals surface area contributed by atoms with Crippen LogP contribution in [0.3, 0.4) is 0 Å². The molecule has 0 bridgehead atoms. The quantitative estimate of drug-likeness (QED) is 0.214. The van der Waals surface area contributed by atoms with Crippen LogP contribution < -0.4 is 4.74 Å². The van der Waals surface area contributed by atoms with Crippen molar-refractivity contribution in [1.29, 1.82) is 0 Å². The van der Waals surface area contributed by atoms with Crippen molar-refractivity contribution in [3.05, 3.63) is 62.1 Å². The molecule has 2 aromatic carbocycles. The first-order valence-electron chi connectivity index (χ1n) is 9.51. The molecule has 9 nitrogen and oxygen atoms in total. The summed E-state index contributed by atoms with van der Waals surface area (Å²) in [5, 5.41) is 10.7. The van der Waals surface area contributed by atoms with E-state index in [4.69, 9.17) is 18.4 Å². The zero-order valence-corrected chi connectivity index (χ0v) is 19.2. The molecule has 1 heterocycles. The van der Waals surface area contributed by atoms with Crippen LogP contribution in [0.5, 0.6) is 5.75 Å². The monoisotopic (exact) mass is 515 g/mol. The minimum atomic E-state index is -4.03. The molecule has 0 saturated carbocycles. The number of halogens is 1. The van der Waals surface area contributed by atoms with Gasteiger partial charge in [-0.05, 0) is 64.2 Å². The predicted octanol–water partition coefficient (Wildman–Crippen LogP) is 3.79. The highest BCUT2D eigenvalue weighted by atomic mass is 79.9. The molecule has 1 unspecified atom stereocenters. The van der Waals surface area contributed by atoms with Crippen molar-refractivity contribution in [2.24, 2.45) is 0 Å². The van der Waals surface area contributed by atoms with E-state index in [1.807, 2.05) is 12.1 Å². The van der Waals surface area contributed by atoms with Crippen LogP contribution in [0.1, 0.15) is 23.7 Å². The Labute approximate surface area is 188 Å². The van der Waals surface area contributed by atoms with Gasteiger partial charge in [-0.2, -0.15) is 8.42 Å². The molecule has 0 spiro atoms. The number of nitro groups is 1. The molecule has 168 valence electrons. The van der Waals surface area contributed by atoms with Gasteiger partial charge in [-0.25, -0.2) is 0 Å². The largest absolute Gasteiger partial charge is 0.496 e. The average molecular weight is 516 g/mol. The zero-order chi connectivity index (χ0) is 22.4. The number of fused-ring (bicyclic) bond motifs is 1. The summed E-state index contributed by atoms with van der Waals surface area (Å²) in [6, 6.07) is 8.44. The summed E-state index contributed by atoms with van der Waals surface area (Å²) in [5.74, 6) is 0.755. The van der Waals surface area contributed by atoms with Gasteiger partial charge < -0.3 is 14.2 Å². The summed E-state index contributed by atoms with van der Waals surface area (Å²) in [5.41, 5.74) is 1.93. The Hall–Kier alpha value is -2.05. The van der Waals surface area contributed by atoms with Gasteiger partial charge in [-0.15, -0.1) is 0 Å². The number of non-ortho nitro benzene ring substituents is 1. The summed E-state index contributed by atoms with van der Waals surface area (Å²) in [6.07, 6.45) is 1.46. The van der Waals surface area contributed by atoms with Crippen LogP contribution in [-0.2, 0) is 30.2 Å². The Bertz CT molecular complexity index is 1030. The molecule has 0 fully saturated rings. The van der Waals surface area contributed by atoms with E-state index in [0.717, 1.165) is 58.5 Å². The number of hydrogen-bond acceptors (Lipinski definition) is 8. The van der Waals surface area contributed by atoms with Crippen LogP contribution in [0.2, 0.25) is 0 Å². The molecule has 0 amide bonds. The fourth-order valence-corrected chi connectivity index (χ4v) is 4.61. The summed E-state index contributed by atoms with van der Waals surface area (Å²) >= 11 is 3.49. The third kappa shape index (κ3) is 6.01. The number of ether oxygens (including phenoxy) is 3. The van der Waals surface area contributed by atoms with E-state index in [0.29, 0.717) is 6.61 Å². The highest BCUT2D eigenvalue weighted by molar-refractivity contribution is 9.10. The van der Waals surface area contributed by atoms with E-state index >= 15 is 0 Å². The molecule has 1 atom stereocenters. The molecule has 2 aromatic rings. The Balaban J connectivity index is 1.54. The van der Waals surface area contributed by atoms with Gasteiger partial charge in [0.05, 0.1) is 41.2 Å². The van der Waals surface area contributed by atoms with Crippen molar-refractivity contribution in [3.63, 3.8) is 0 Å². The topological polar surface area (TPSA) is 114 Å². The summed E-state index contributed by atoms with van der Waals surface area (Å²) < 4.78 is 47.1. The molecular weight excluding hydrogens is 494 g/mol. The summed E-state index contributed by atoms with van der Waals surface area (Å²) in [4.78, 5) is 9.92. The molecule has 31 heavy (non-hydrogen) atoms. The summed E-state index contributed by atoms with van der Waals surface area (Å²) in [7, 11) is -2.41. The van der Waals surface area contributed by atoms with Gasteiger partial charge in [0.15, 0.2) is 0 Å². The van der Waals surface area contributed by atoms with Crippen LogP contribution in [0, 0.1) is 10.1 Å². The van der Waals surface area contributed by atoms with Gasteiger partial charge in [-0.1, -0.05) is 0 Å². The fraction of sp³-hybridized carbons (Fsp3) is 0.400. The van der Waals surface area contributed by atoms with Crippen LogP contribution >= 0.6 is 15.9 Å². The lowest BCUT2D eigenvalue weighted by atomic mass is 9.99. The van der Waals surface area contributed by atoms with E-state index < -0.39 is 15.0 Å². The van der Waals surface area contributed by atoms with Crippen molar-refractivity contribution < 1.29 is 31.7 Å². The first-order chi connectivity index (χ1) is 14.8. The van der Waals surface area contributed by atoms with Crippen molar-refractivity contribution in [3.8, 4) is 5.75 Å². The number of nitrogens with zero attached hydrogens (tertiary/aromatic N) is 1. The molecule has 0 saturated heterocycles. The summed E-state index contributed by atoms with van der Waals surface area (Å²) in [6.45, 7) is 0.685. The molecule has 0 N–H and O–H groups in total. The van der Waals surface area contributed by atoms with E-state index in [1.165, 1.54) is 0 Å². The molecule has 0 aliphatic carbocycles. The Morgan fingerprint density at radius 3 is 2.65 bits per heavy atom. The van der Waals surface area contributed by atoms with Gasteiger partial charge in [0.2, 0.25) is 0 Å². The average Bonchev–Trinajstić information content (AvgIpc) is 2.94. The standard InChI is InChI=1S/C20H22BrNO8S/c1-27-19-11-14-3-2-8-29-20(17(14)12-18(19)21)13-28-9-10-30-31(25,26)16-6-4-15(5-7-16)22(23)24/h4-7,11-12,20H,2-3,8-10,13H2,1H3. The lowest BCUT2D eigenvalue weighted by Crippen LogP contribution is -2.16. The second-order valence-corrected chi connectivity index (χ2v) is 9.22. The maximum absolute atomic E-state index is 12.2. The van der Waals surface area contributed by atoms with Gasteiger partial charge in [0.1, 0.15) is 11.9 Å². The highest BCUT2D eigenvalue weighted by Gasteiger charge is 2.22. The maximum Gasteiger partial charge on any atom is 0.297 e. The van der Waals surface area contributed by atoms with E-state index in [1.54, 1.807) is 7.11 Å². The zero-order valence-electron chi connectivity index (χ0n) is 16.8. The van der Waals surface area contributed by atoms with E-state index in [9.17, 15) is 18.5 Å². The first kappa shape index (κ1) is 23.6. The number of methoxy groups -OCH3 is 1. The minimum absolute atomic E-state index is 0.0404. The van der Waals surface area contributed by atoms with Gasteiger partial charge in [0, 0.05) is 18.7 Å². The molecular formula is C20H22BrNO8S. The maximum atomic E-state index is 12.2. The number of rotatable bonds is 9. The van der Waals surface area contributed by atoms with Crippen LogP contribution in [-0.4, -0.2) is 46.9 Å². The molecule has 1 aliphatic rings. The third-order valence-electron chi connectivity index (χ3n) is 4.74. The lowest BCUT2D eigenvalue weighted by molar-refractivity contribution is -0.384. The molecule has 11 heteroatoms. The van der Waals surface area contributed by atoms with Crippen molar-refractivity contribution >= 4 is 31.7 Å². The van der Waals surface area contributed by atoms with Gasteiger partial charge in [0.25, 0.3) is 15.8 Å². The van der Waals surface area contributed by atoms with Crippen LogP contribution in [0.15, 0.2) is 45.8 Å².